The molecule has 7 heteroatoms. The van der Waals surface area contributed by atoms with Gasteiger partial charge in [0.05, 0.1) is 6.42 Å². The summed E-state index contributed by atoms with van der Waals surface area (Å²) in [5.74, 6) is -2.99. The Kier molecular flexibility index (Phi) is 4.62. The van der Waals surface area contributed by atoms with Crippen molar-refractivity contribution < 1.29 is 27.8 Å². The summed E-state index contributed by atoms with van der Waals surface area (Å²) in [6.45, 7) is -3.18. The molecule has 0 radical (unpaired) electrons. The Hall–Kier alpha value is -1.43. The number of halogens is 4. The molecule has 0 heterocycles. The van der Waals surface area contributed by atoms with E-state index in [1.165, 1.54) is 0 Å². The second kappa shape index (κ2) is 5.77. The van der Waals surface area contributed by atoms with Gasteiger partial charge in [-0.15, -0.1) is 11.6 Å². The Morgan fingerprint density at radius 2 is 2.06 bits per heavy atom. The van der Waals surface area contributed by atoms with E-state index >= 15 is 0 Å². The summed E-state index contributed by atoms with van der Waals surface area (Å²) in [6.07, 6.45) is -0.443. The van der Waals surface area contributed by atoms with Gasteiger partial charge < -0.3 is 9.84 Å². The fourth-order valence-electron chi connectivity index (χ4n) is 1.27. The van der Waals surface area contributed by atoms with Crippen LogP contribution in [0, 0.1) is 5.82 Å². The molecule has 0 spiro atoms. The molecule has 1 N–H and O–H groups in total. The van der Waals surface area contributed by atoms with Gasteiger partial charge in [0, 0.05) is 5.88 Å². The molecule has 0 bridgehead atoms. The molecular formula is C10H8ClF3O3. The van der Waals surface area contributed by atoms with Crippen molar-refractivity contribution in [2.45, 2.75) is 18.9 Å². The van der Waals surface area contributed by atoms with Crippen LogP contribution in [0.15, 0.2) is 12.1 Å². The molecule has 0 atom stereocenters. The normalized spacial score (nSPS) is 10.6. The number of carboxylic acids is 1. The van der Waals surface area contributed by atoms with Crippen molar-refractivity contribution in [1.82, 2.24) is 0 Å². The van der Waals surface area contributed by atoms with E-state index in [0.29, 0.717) is 0 Å². The summed E-state index contributed by atoms with van der Waals surface area (Å²) in [5.41, 5.74) is 0.373. The SMILES string of the molecule is O=C(O)Cc1cc(OC(F)F)c(F)cc1CCl. The lowest BCUT2D eigenvalue weighted by Crippen LogP contribution is -2.08. The standard InChI is InChI=1S/C10H8ClF3O3/c11-4-6-1-7(12)8(17-10(13)14)2-5(6)3-9(15)16/h1-2,10H,3-4H2,(H,15,16). The maximum atomic E-state index is 13.3. The highest BCUT2D eigenvalue weighted by atomic mass is 35.5. The van der Waals surface area contributed by atoms with Gasteiger partial charge in [0.25, 0.3) is 0 Å². The Morgan fingerprint density at radius 3 is 2.53 bits per heavy atom. The van der Waals surface area contributed by atoms with E-state index < -0.39 is 30.6 Å². The molecule has 0 aliphatic carbocycles. The molecule has 0 aliphatic rings. The molecular weight excluding hydrogens is 261 g/mol. The summed E-state index contributed by atoms with van der Waals surface area (Å²) in [7, 11) is 0. The Balaban J connectivity index is 3.12. The van der Waals surface area contributed by atoms with Crippen molar-refractivity contribution in [2.24, 2.45) is 0 Å². The first-order valence-electron chi connectivity index (χ1n) is 4.48. The highest BCUT2D eigenvalue weighted by molar-refractivity contribution is 6.17. The minimum Gasteiger partial charge on any atom is -0.481 e. The van der Waals surface area contributed by atoms with Crippen molar-refractivity contribution in [1.29, 1.82) is 0 Å². The predicted molar refractivity (Wildman–Crippen MR) is 53.9 cm³/mol. The van der Waals surface area contributed by atoms with Crippen molar-refractivity contribution in [3.63, 3.8) is 0 Å². The van der Waals surface area contributed by atoms with Crippen molar-refractivity contribution in [3.8, 4) is 5.75 Å². The number of aliphatic carboxylic acids is 1. The average Bonchev–Trinajstić information content (AvgIpc) is 2.21. The summed E-state index contributed by atoms with van der Waals surface area (Å²) >= 11 is 5.50. The zero-order chi connectivity index (χ0) is 13.0. The number of carbonyl (C=O) groups is 1. The molecule has 0 aromatic heterocycles. The predicted octanol–water partition coefficient (Wildman–Crippen LogP) is 2.79. The van der Waals surface area contributed by atoms with Crippen LogP contribution in [0.3, 0.4) is 0 Å². The molecule has 0 saturated carbocycles. The molecule has 17 heavy (non-hydrogen) atoms. The van der Waals surface area contributed by atoms with Crippen molar-refractivity contribution in [3.05, 3.63) is 29.1 Å². The summed E-state index contributed by atoms with van der Waals surface area (Å²) in [5, 5.41) is 8.60. The number of hydrogen-bond acceptors (Lipinski definition) is 2. The van der Waals surface area contributed by atoms with Crippen LogP contribution in [0.4, 0.5) is 13.2 Å². The van der Waals surface area contributed by atoms with Gasteiger partial charge >= 0.3 is 12.6 Å². The van der Waals surface area contributed by atoms with Gasteiger partial charge in [-0.3, -0.25) is 4.79 Å². The van der Waals surface area contributed by atoms with Crippen LogP contribution in [-0.4, -0.2) is 17.7 Å². The molecule has 0 saturated heterocycles. The molecule has 0 fully saturated rings. The topological polar surface area (TPSA) is 46.5 Å². The lowest BCUT2D eigenvalue weighted by molar-refractivity contribution is -0.136. The Bertz CT molecular complexity index is 424. The van der Waals surface area contributed by atoms with Gasteiger partial charge in [-0.1, -0.05) is 0 Å². The summed E-state index contributed by atoms with van der Waals surface area (Å²) < 4.78 is 41.1. The van der Waals surface area contributed by atoms with Gasteiger partial charge in [0.1, 0.15) is 0 Å². The van der Waals surface area contributed by atoms with Crippen LogP contribution in [0.1, 0.15) is 11.1 Å². The molecule has 0 amide bonds. The highest BCUT2D eigenvalue weighted by Gasteiger charge is 2.15. The second-order valence-electron chi connectivity index (χ2n) is 3.13. The number of alkyl halides is 3. The van der Waals surface area contributed by atoms with Crippen molar-refractivity contribution >= 4 is 17.6 Å². The van der Waals surface area contributed by atoms with Crippen LogP contribution < -0.4 is 4.74 Å². The maximum absolute atomic E-state index is 13.3. The first-order valence-corrected chi connectivity index (χ1v) is 5.01. The van der Waals surface area contributed by atoms with Crippen LogP contribution in [0.5, 0.6) is 5.75 Å². The van der Waals surface area contributed by atoms with Crippen molar-refractivity contribution in [2.75, 3.05) is 0 Å². The number of rotatable bonds is 5. The van der Waals surface area contributed by atoms with Gasteiger partial charge in [-0.2, -0.15) is 8.78 Å². The van der Waals surface area contributed by atoms with Gasteiger partial charge in [-0.05, 0) is 23.3 Å². The van der Waals surface area contributed by atoms with E-state index in [1.54, 1.807) is 0 Å². The van der Waals surface area contributed by atoms with Crippen LogP contribution >= 0.6 is 11.6 Å². The lowest BCUT2D eigenvalue weighted by atomic mass is 10.1. The third-order valence-corrected chi connectivity index (χ3v) is 2.24. The van der Waals surface area contributed by atoms with Gasteiger partial charge in [0.2, 0.25) is 0 Å². The van der Waals surface area contributed by atoms with Crippen LogP contribution in [-0.2, 0) is 17.1 Å². The monoisotopic (exact) mass is 268 g/mol. The minimum atomic E-state index is -3.18. The molecule has 94 valence electrons. The largest absolute Gasteiger partial charge is 0.481 e. The number of hydrogen-bond donors (Lipinski definition) is 1. The van der Waals surface area contributed by atoms with E-state index in [4.69, 9.17) is 16.7 Å². The quantitative estimate of drug-likeness (QED) is 0.835. The third kappa shape index (κ3) is 3.81. The molecule has 1 aromatic rings. The van der Waals surface area contributed by atoms with Crippen LogP contribution in [0.2, 0.25) is 0 Å². The van der Waals surface area contributed by atoms with Gasteiger partial charge in [-0.25, -0.2) is 4.39 Å². The molecule has 1 aromatic carbocycles. The third-order valence-electron chi connectivity index (χ3n) is 1.96. The van der Waals surface area contributed by atoms with Crippen LogP contribution in [0.25, 0.3) is 0 Å². The maximum Gasteiger partial charge on any atom is 0.387 e. The zero-order valence-electron chi connectivity index (χ0n) is 8.42. The lowest BCUT2D eigenvalue weighted by Gasteiger charge is -2.10. The highest BCUT2D eigenvalue weighted by Crippen LogP contribution is 2.25. The summed E-state index contributed by atoms with van der Waals surface area (Å²) in [4.78, 5) is 10.5. The Morgan fingerprint density at radius 1 is 1.41 bits per heavy atom. The van der Waals surface area contributed by atoms with E-state index in [9.17, 15) is 18.0 Å². The fraction of sp³-hybridized carbons (Fsp3) is 0.300. The van der Waals surface area contributed by atoms with E-state index in [1.807, 2.05) is 0 Å². The number of carboxylic acid groups (broad SMARTS) is 1. The first-order chi connectivity index (χ1) is 7.93. The van der Waals surface area contributed by atoms with E-state index in [2.05, 4.69) is 4.74 Å². The first kappa shape index (κ1) is 13.6. The summed E-state index contributed by atoms with van der Waals surface area (Å²) in [6, 6.07) is 1.82. The average molecular weight is 269 g/mol. The molecule has 0 unspecified atom stereocenters. The molecule has 0 aliphatic heterocycles. The van der Waals surface area contributed by atoms with E-state index in [-0.39, 0.29) is 17.0 Å². The Labute approximate surface area is 99.8 Å². The zero-order valence-corrected chi connectivity index (χ0v) is 9.18. The smallest absolute Gasteiger partial charge is 0.387 e. The number of benzene rings is 1. The minimum absolute atomic E-state index is 0.117. The fourth-order valence-corrected chi connectivity index (χ4v) is 1.52. The van der Waals surface area contributed by atoms with E-state index in [0.717, 1.165) is 12.1 Å². The molecule has 3 nitrogen and oxygen atoms in total. The number of ether oxygens (including phenoxy) is 1. The van der Waals surface area contributed by atoms with Gasteiger partial charge in [0.15, 0.2) is 11.6 Å². The molecule has 1 rings (SSSR count). The second-order valence-corrected chi connectivity index (χ2v) is 3.40.